The van der Waals surface area contributed by atoms with Crippen molar-refractivity contribution in [3.63, 3.8) is 0 Å². The molecule has 2 aromatic carbocycles. The number of hydrogen-bond donors (Lipinski definition) is 1. The van der Waals surface area contributed by atoms with Crippen molar-refractivity contribution < 1.29 is 8.42 Å². The van der Waals surface area contributed by atoms with E-state index in [0.717, 1.165) is 20.7 Å². The van der Waals surface area contributed by atoms with Crippen LogP contribution in [-0.4, -0.2) is 22.6 Å². The van der Waals surface area contributed by atoms with Crippen molar-refractivity contribution in [3.05, 3.63) is 77.3 Å². The van der Waals surface area contributed by atoms with Crippen molar-refractivity contribution in [1.29, 1.82) is 0 Å². The summed E-state index contributed by atoms with van der Waals surface area (Å²) in [5, 5.41) is -0.260. The minimum Gasteiger partial charge on any atom is -0.368 e. The first-order chi connectivity index (χ1) is 12.7. The molecule has 5 nitrogen and oxygen atoms in total. The molecular formula is C20H20ClN3O2S. The summed E-state index contributed by atoms with van der Waals surface area (Å²) in [4.78, 5) is 4.19. The lowest BCUT2D eigenvalue weighted by Crippen LogP contribution is -2.23. The third kappa shape index (κ3) is 3.63. The highest BCUT2D eigenvalue weighted by Gasteiger charge is 2.24. The first-order valence-corrected chi connectivity index (χ1v) is 10.2. The molecule has 0 unspecified atom stereocenters. The highest BCUT2D eigenvalue weighted by molar-refractivity contribution is 7.90. The number of rotatable bonds is 5. The molecule has 0 aliphatic rings. The molecule has 0 aliphatic heterocycles. The number of aromatic nitrogens is 2. The van der Waals surface area contributed by atoms with E-state index in [4.69, 9.17) is 17.3 Å². The third-order valence-corrected chi connectivity index (χ3v) is 6.38. The van der Waals surface area contributed by atoms with Gasteiger partial charge in [-0.05, 0) is 48.8 Å². The van der Waals surface area contributed by atoms with E-state index in [1.165, 1.54) is 0 Å². The van der Waals surface area contributed by atoms with Crippen molar-refractivity contribution in [2.45, 2.75) is 19.1 Å². The first-order valence-electron chi connectivity index (χ1n) is 8.36. The topological polar surface area (TPSA) is 78.0 Å². The zero-order valence-corrected chi connectivity index (χ0v) is 16.6. The van der Waals surface area contributed by atoms with Crippen LogP contribution in [0.5, 0.6) is 0 Å². The summed E-state index contributed by atoms with van der Waals surface area (Å²) in [5.74, 6) is -0.0529. The SMILES string of the molecule is C=C(Cl)/C=C(\c1ccccc1)c1ccc2nc(N)n(S(=O)(=O)C(C)C)c2c1. The summed E-state index contributed by atoms with van der Waals surface area (Å²) < 4.78 is 26.6. The molecule has 0 atom stereocenters. The Kier molecular flexibility index (Phi) is 5.13. The number of imidazole rings is 1. The highest BCUT2D eigenvalue weighted by atomic mass is 35.5. The fraction of sp³-hybridized carbons (Fsp3) is 0.150. The normalized spacial score (nSPS) is 12.7. The van der Waals surface area contributed by atoms with Crippen molar-refractivity contribution >= 4 is 44.2 Å². The number of fused-ring (bicyclic) bond motifs is 1. The Morgan fingerprint density at radius 2 is 1.85 bits per heavy atom. The molecule has 3 aromatic rings. The van der Waals surface area contributed by atoms with Crippen molar-refractivity contribution in [3.8, 4) is 0 Å². The lowest BCUT2D eigenvalue weighted by molar-refractivity contribution is 0.580. The van der Waals surface area contributed by atoms with E-state index in [0.29, 0.717) is 16.1 Å². The maximum Gasteiger partial charge on any atom is 0.244 e. The van der Waals surface area contributed by atoms with Crippen molar-refractivity contribution in [2.75, 3.05) is 5.73 Å². The van der Waals surface area contributed by atoms with E-state index in [1.807, 2.05) is 36.4 Å². The lowest BCUT2D eigenvalue weighted by Gasteiger charge is -2.13. The molecule has 0 saturated carbocycles. The smallest absolute Gasteiger partial charge is 0.244 e. The summed E-state index contributed by atoms with van der Waals surface area (Å²) in [6, 6.07) is 15.0. The van der Waals surface area contributed by atoms with Gasteiger partial charge in [0.05, 0.1) is 16.3 Å². The Balaban J connectivity index is 2.28. The number of halogens is 1. The van der Waals surface area contributed by atoms with Crippen LogP contribution in [0, 0.1) is 0 Å². The second kappa shape index (κ2) is 7.21. The molecule has 27 heavy (non-hydrogen) atoms. The van der Waals surface area contributed by atoms with Gasteiger partial charge in [-0.2, -0.15) is 0 Å². The van der Waals surface area contributed by atoms with E-state index < -0.39 is 15.3 Å². The minimum atomic E-state index is -3.65. The predicted octanol–water partition coefficient (Wildman–Crippen LogP) is 4.39. The molecule has 0 saturated heterocycles. The molecule has 0 fully saturated rings. The summed E-state index contributed by atoms with van der Waals surface area (Å²) in [6.07, 6.45) is 1.75. The van der Waals surface area contributed by atoms with Crippen molar-refractivity contribution in [1.82, 2.24) is 8.96 Å². The van der Waals surface area contributed by atoms with E-state index >= 15 is 0 Å². The molecule has 1 aromatic heterocycles. The van der Waals surface area contributed by atoms with E-state index in [9.17, 15) is 8.42 Å². The predicted molar refractivity (Wildman–Crippen MR) is 112 cm³/mol. The van der Waals surface area contributed by atoms with Crippen LogP contribution < -0.4 is 5.73 Å². The zero-order chi connectivity index (χ0) is 19.8. The van der Waals surface area contributed by atoms with Crippen LogP contribution in [-0.2, 0) is 10.0 Å². The molecule has 140 valence electrons. The summed E-state index contributed by atoms with van der Waals surface area (Å²) in [6.45, 7) is 6.96. The van der Waals surface area contributed by atoms with Crippen LogP contribution >= 0.6 is 11.6 Å². The molecule has 0 aliphatic carbocycles. The van der Waals surface area contributed by atoms with Gasteiger partial charge in [-0.3, -0.25) is 0 Å². The molecular weight excluding hydrogens is 382 g/mol. The number of nitrogens with zero attached hydrogens (tertiary/aromatic N) is 2. The van der Waals surface area contributed by atoms with E-state index in [-0.39, 0.29) is 5.95 Å². The lowest BCUT2D eigenvalue weighted by atomic mass is 9.97. The summed E-state index contributed by atoms with van der Waals surface area (Å²) in [5.41, 5.74) is 9.41. The van der Waals surface area contributed by atoms with Crippen LogP contribution in [0.4, 0.5) is 5.95 Å². The van der Waals surface area contributed by atoms with E-state index in [2.05, 4.69) is 11.6 Å². The Hall–Kier alpha value is -2.57. The quantitative estimate of drug-likeness (QED) is 0.643. The number of nitrogens with two attached hydrogens (primary N) is 1. The third-order valence-electron chi connectivity index (χ3n) is 4.18. The number of benzene rings is 2. The Labute approximate surface area is 163 Å². The first kappa shape index (κ1) is 19.2. The van der Waals surface area contributed by atoms with Crippen LogP contribution in [0.25, 0.3) is 16.6 Å². The number of hydrogen-bond acceptors (Lipinski definition) is 4. The maximum absolute atomic E-state index is 12.7. The molecule has 0 bridgehead atoms. The van der Waals surface area contributed by atoms with Gasteiger partial charge >= 0.3 is 0 Å². The van der Waals surface area contributed by atoms with Gasteiger partial charge in [0.15, 0.2) is 0 Å². The highest BCUT2D eigenvalue weighted by Crippen LogP contribution is 2.30. The molecule has 7 heteroatoms. The van der Waals surface area contributed by atoms with Gasteiger partial charge in [-0.15, -0.1) is 0 Å². The second-order valence-electron chi connectivity index (χ2n) is 6.40. The molecule has 0 radical (unpaired) electrons. The fourth-order valence-corrected chi connectivity index (χ4v) is 4.08. The average Bonchev–Trinajstić information content (AvgIpc) is 2.95. The molecule has 2 N–H and O–H groups in total. The largest absolute Gasteiger partial charge is 0.368 e. The van der Waals surface area contributed by atoms with Crippen LogP contribution in [0.1, 0.15) is 25.0 Å². The molecule has 0 spiro atoms. The van der Waals surface area contributed by atoms with E-state index in [1.54, 1.807) is 32.1 Å². The molecule has 1 heterocycles. The number of anilines is 1. The maximum atomic E-state index is 12.7. The fourth-order valence-electron chi connectivity index (χ4n) is 2.83. The molecule has 3 rings (SSSR count). The Morgan fingerprint density at radius 3 is 2.44 bits per heavy atom. The van der Waals surface area contributed by atoms with Crippen LogP contribution in [0.15, 0.2) is 66.2 Å². The van der Waals surface area contributed by atoms with Crippen molar-refractivity contribution in [2.24, 2.45) is 0 Å². The average molecular weight is 402 g/mol. The second-order valence-corrected chi connectivity index (χ2v) is 9.23. The monoisotopic (exact) mass is 401 g/mol. The van der Waals surface area contributed by atoms with Gasteiger partial charge in [-0.25, -0.2) is 17.4 Å². The summed E-state index contributed by atoms with van der Waals surface area (Å²) in [7, 11) is -3.65. The van der Waals surface area contributed by atoms with Crippen LogP contribution in [0.2, 0.25) is 0 Å². The Morgan fingerprint density at radius 1 is 1.19 bits per heavy atom. The van der Waals surface area contributed by atoms with Gasteiger partial charge < -0.3 is 5.73 Å². The van der Waals surface area contributed by atoms with Crippen LogP contribution in [0.3, 0.4) is 0 Å². The Bertz CT molecular complexity index is 1150. The zero-order valence-electron chi connectivity index (χ0n) is 15.1. The van der Waals surface area contributed by atoms with Gasteiger partial charge in [-0.1, -0.05) is 54.6 Å². The van der Waals surface area contributed by atoms with Gasteiger partial charge in [0.1, 0.15) is 0 Å². The van der Waals surface area contributed by atoms with Gasteiger partial charge in [0.2, 0.25) is 16.0 Å². The standard InChI is InChI=1S/C20H20ClN3O2S/c1-13(2)27(25,26)24-19-12-16(9-10-18(19)23-20(24)22)17(11-14(3)21)15-7-5-4-6-8-15/h4-13H,3H2,1-2H3,(H2,22,23)/b17-11+. The molecule has 0 amide bonds. The summed E-state index contributed by atoms with van der Waals surface area (Å²) >= 11 is 6.04. The van der Waals surface area contributed by atoms with Gasteiger partial charge in [0, 0.05) is 5.03 Å². The van der Waals surface area contributed by atoms with Gasteiger partial charge in [0.25, 0.3) is 0 Å². The minimum absolute atomic E-state index is 0.0529. The number of nitrogen functional groups attached to an aromatic ring is 1. The number of allylic oxidation sites excluding steroid dienone is 2.